The lowest BCUT2D eigenvalue weighted by atomic mass is 10.2. The number of sulfonamides is 1. The van der Waals surface area contributed by atoms with Crippen LogP contribution in [0, 0.1) is 5.82 Å². The van der Waals surface area contributed by atoms with Crippen molar-refractivity contribution in [2.24, 2.45) is 0 Å². The number of hydrogen-bond acceptors (Lipinski definition) is 5. The van der Waals surface area contributed by atoms with E-state index in [1.165, 1.54) is 38.6 Å². The van der Waals surface area contributed by atoms with Gasteiger partial charge in [-0.1, -0.05) is 6.07 Å². The fraction of sp³-hybridized carbons (Fsp3) is 0.118. The number of nitrogens with zero attached hydrogens (tertiary/aromatic N) is 1. The van der Waals surface area contributed by atoms with Crippen LogP contribution in [0.1, 0.15) is 0 Å². The summed E-state index contributed by atoms with van der Waals surface area (Å²) >= 11 is 0. The zero-order chi connectivity index (χ0) is 18.0. The summed E-state index contributed by atoms with van der Waals surface area (Å²) in [5.74, 6) is 0.0744. The predicted octanol–water partition coefficient (Wildman–Crippen LogP) is 3.19. The SMILES string of the molecule is COc1cc(OC)cc(S(=O)(=O)Nc2cc(F)cc3cccnc23)c1. The molecule has 0 aliphatic heterocycles. The molecule has 0 aliphatic carbocycles. The van der Waals surface area contributed by atoms with Crippen molar-refractivity contribution in [1.82, 2.24) is 4.98 Å². The number of halogens is 1. The average molecular weight is 362 g/mol. The highest BCUT2D eigenvalue weighted by Crippen LogP contribution is 2.29. The quantitative estimate of drug-likeness (QED) is 0.754. The fourth-order valence-corrected chi connectivity index (χ4v) is 3.48. The molecule has 0 spiro atoms. The minimum Gasteiger partial charge on any atom is -0.497 e. The van der Waals surface area contributed by atoms with E-state index in [0.29, 0.717) is 22.4 Å². The maximum atomic E-state index is 13.8. The van der Waals surface area contributed by atoms with Crippen molar-refractivity contribution >= 4 is 26.6 Å². The van der Waals surface area contributed by atoms with Crippen LogP contribution in [0.15, 0.2) is 53.6 Å². The third kappa shape index (κ3) is 3.48. The molecule has 0 aliphatic rings. The zero-order valence-electron chi connectivity index (χ0n) is 13.5. The predicted molar refractivity (Wildman–Crippen MR) is 92.1 cm³/mol. The van der Waals surface area contributed by atoms with Gasteiger partial charge < -0.3 is 9.47 Å². The summed E-state index contributed by atoms with van der Waals surface area (Å²) in [6.07, 6.45) is 1.51. The highest BCUT2D eigenvalue weighted by molar-refractivity contribution is 7.92. The number of pyridine rings is 1. The van der Waals surface area contributed by atoms with Gasteiger partial charge >= 0.3 is 0 Å². The van der Waals surface area contributed by atoms with E-state index in [-0.39, 0.29) is 10.6 Å². The molecule has 1 N–H and O–H groups in total. The van der Waals surface area contributed by atoms with Crippen LogP contribution in [0.3, 0.4) is 0 Å². The molecule has 0 atom stereocenters. The average Bonchev–Trinajstić information content (AvgIpc) is 2.60. The molecule has 0 bridgehead atoms. The van der Waals surface area contributed by atoms with Crippen molar-refractivity contribution in [3.63, 3.8) is 0 Å². The number of ether oxygens (including phenoxy) is 2. The Kier molecular flexibility index (Phi) is 4.45. The molecular weight excluding hydrogens is 347 g/mol. The van der Waals surface area contributed by atoms with Crippen molar-refractivity contribution in [3.05, 3.63) is 54.5 Å². The van der Waals surface area contributed by atoms with Crippen molar-refractivity contribution < 1.29 is 22.3 Å². The third-order valence-electron chi connectivity index (χ3n) is 3.55. The normalized spacial score (nSPS) is 11.3. The van der Waals surface area contributed by atoms with Crippen LogP contribution in [0.25, 0.3) is 10.9 Å². The van der Waals surface area contributed by atoms with Gasteiger partial charge in [0.1, 0.15) is 17.3 Å². The van der Waals surface area contributed by atoms with Gasteiger partial charge in [0, 0.05) is 35.8 Å². The molecule has 1 heterocycles. The van der Waals surface area contributed by atoms with Crippen molar-refractivity contribution in [2.75, 3.05) is 18.9 Å². The standard InChI is InChI=1S/C17H15FN2O4S/c1-23-13-8-14(24-2)10-15(9-13)25(21,22)20-16-7-12(18)6-11-4-3-5-19-17(11)16/h3-10,20H,1-2H3. The molecule has 0 saturated carbocycles. The number of methoxy groups -OCH3 is 2. The molecule has 0 amide bonds. The Labute approximate surface area is 144 Å². The van der Waals surface area contributed by atoms with E-state index in [1.807, 2.05) is 0 Å². The number of fused-ring (bicyclic) bond motifs is 1. The lowest BCUT2D eigenvalue weighted by Crippen LogP contribution is -2.14. The molecule has 25 heavy (non-hydrogen) atoms. The maximum absolute atomic E-state index is 13.8. The lowest BCUT2D eigenvalue weighted by molar-refractivity contribution is 0.392. The number of anilines is 1. The van der Waals surface area contributed by atoms with Gasteiger partial charge in [0.25, 0.3) is 10.0 Å². The number of rotatable bonds is 5. The van der Waals surface area contributed by atoms with Gasteiger partial charge in [0.2, 0.25) is 0 Å². The molecule has 3 aromatic rings. The summed E-state index contributed by atoms with van der Waals surface area (Å²) < 4.78 is 51.8. The highest BCUT2D eigenvalue weighted by Gasteiger charge is 2.19. The summed E-state index contributed by atoms with van der Waals surface area (Å²) in [5.41, 5.74) is 0.403. The Morgan fingerprint density at radius 3 is 2.36 bits per heavy atom. The van der Waals surface area contributed by atoms with E-state index in [2.05, 4.69) is 9.71 Å². The first kappa shape index (κ1) is 17.0. The molecule has 0 fully saturated rings. The Bertz CT molecular complexity index is 1020. The zero-order valence-corrected chi connectivity index (χ0v) is 14.3. The Morgan fingerprint density at radius 1 is 1.04 bits per heavy atom. The first-order chi connectivity index (χ1) is 11.9. The molecule has 8 heteroatoms. The van der Waals surface area contributed by atoms with E-state index in [1.54, 1.807) is 18.2 Å². The summed E-state index contributed by atoms with van der Waals surface area (Å²) in [4.78, 5) is 4.05. The largest absolute Gasteiger partial charge is 0.497 e. The van der Waals surface area contributed by atoms with Crippen LogP contribution < -0.4 is 14.2 Å². The van der Waals surface area contributed by atoms with Crippen molar-refractivity contribution in [3.8, 4) is 11.5 Å². The highest BCUT2D eigenvalue weighted by atomic mass is 32.2. The third-order valence-corrected chi connectivity index (χ3v) is 4.89. The molecule has 0 saturated heterocycles. The van der Waals surface area contributed by atoms with E-state index in [0.717, 1.165) is 6.07 Å². The molecule has 0 unspecified atom stereocenters. The Balaban J connectivity index is 2.09. The van der Waals surface area contributed by atoms with Gasteiger partial charge in [-0.15, -0.1) is 0 Å². The molecule has 2 aromatic carbocycles. The van der Waals surface area contributed by atoms with E-state index >= 15 is 0 Å². The Morgan fingerprint density at radius 2 is 1.72 bits per heavy atom. The molecule has 0 radical (unpaired) electrons. The van der Waals surface area contributed by atoms with E-state index < -0.39 is 15.8 Å². The monoisotopic (exact) mass is 362 g/mol. The van der Waals surface area contributed by atoms with Crippen LogP contribution in [0.4, 0.5) is 10.1 Å². The van der Waals surface area contributed by atoms with Gasteiger partial charge in [-0.2, -0.15) is 0 Å². The Hall–Kier alpha value is -2.87. The number of aromatic nitrogens is 1. The smallest absolute Gasteiger partial charge is 0.262 e. The molecule has 130 valence electrons. The minimum absolute atomic E-state index is 0.0531. The number of nitrogens with one attached hydrogen (secondary N) is 1. The van der Waals surface area contributed by atoms with Gasteiger partial charge in [-0.3, -0.25) is 9.71 Å². The maximum Gasteiger partial charge on any atom is 0.262 e. The second kappa shape index (κ2) is 6.56. The van der Waals surface area contributed by atoms with E-state index in [4.69, 9.17) is 9.47 Å². The summed E-state index contributed by atoms with van der Waals surface area (Å²) in [6, 6.07) is 9.92. The molecule has 3 rings (SSSR count). The van der Waals surface area contributed by atoms with Crippen LogP contribution in [-0.4, -0.2) is 27.6 Å². The molecule has 1 aromatic heterocycles. The minimum atomic E-state index is -4.00. The van der Waals surface area contributed by atoms with Crippen LogP contribution >= 0.6 is 0 Å². The number of hydrogen-bond donors (Lipinski definition) is 1. The first-order valence-electron chi connectivity index (χ1n) is 7.23. The lowest BCUT2D eigenvalue weighted by Gasteiger charge is -2.12. The van der Waals surface area contributed by atoms with Gasteiger partial charge in [0.05, 0.1) is 30.3 Å². The molecule has 6 nitrogen and oxygen atoms in total. The summed E-state index contributed by atoms with van der Waals surface area (Å²) in [5, 5.41) is 0.489. The van der Waals surface area contributed by atoms with E-state index in [9.17, 15) is 12.8 Å². The summed E-state index contributed by atoms with van der Waals surface area (Å²) in [6.45, 7) is 0. The number of benzene rings is 2. The van der Waals surface area contributed by atoms with Crippen molar-refractivity contribution in [2.45, 2.75) is 4.90 Å². The first-order valence-corrected chi connectivity index (χ1v) is 8.71. The van der Waals surface area contributed by atoms with Crippen LogP contribution in [0.2, 0.25) is 0 Å². The summed E-state index contributed by atoms with van der Waals surface area (Å²) in [7, 11) is -1.16. The fourth-order valence-electron chi connectivity index (χ4n) is 2.37. The van der Waals surface area contributed by atoms with Gasteiger partial charge in [-0.25, -0.2) is 12.8 Å². The molecular formula is C17H15FN2O4S. The second-order valence-corrected chi connectivity index (χ2v) is 6.86. The van der Waals surface area contributed by atoms with Gasteiger partial charge in [0.15, 0.2) is 0 Å². The van der Waals surface area contributed by atoms with Crippen molar-refractivity contribution in [1.29, 1.82) is 0 Å². The van der Waals surface area contributed by atoms with Gasteiger partial charge in [-0.05, 0) is 12.1 Å². The van der Waals surface area contributed by atoms with Crippen LogP contribution in [-0.2, 0) is 10.0 Å². The second-order valence-electron chi connectivity index (χ2n) is 5.18. The topological polar surface area (TPSA) is 77.5 Å². The van der Waals surface area contributed by atoms with Crippen LogP contribution in [0.5, 0.6) is 11.5 Å².